The number of carbonyl (C=O) groups is 2. The van der Waals surface area contributed by atoms with Gasteiger partial charge in [0.2, 0.25) is 0 Å². The Bertz CT molecular complexity index is 1460. The topological polar surface area (TPSA) is 80.0 Å². The first-order valence-electron chi connectivity index (χ1n) is 13.3. The van der Waals surface area contributed by atoms with Gasteiger partial charge in [-0.25, -0.2) is 0 Å². The van der Waals surface area contributed by atoms with Crippen LogP contribution in [0.15, 0.2) is 47.6 Å². The molecule has 3 fully saturated rings. The zero-order chi connectivity index (χ0) is 25.3. The highest BCUT2D eigenvalue weighted by Gasteiger charge is 2.58. The van der Waals surface area contributed by atoms with E-state index in [0.717, 1.165) is 64.7 Å². The molecule has 2 aromatic carbocycles. The van der Waals surface area contributed by atoms with Crippen molar-refractivity contribution in [3.8, 4) is 11.1 Å². The van der Waals surface area contributed by atoms with Crippen molar-refractivity contribution in [3.63, 3.8) is 0 Å². The lowest BCUT2D eigenvalue weighted by Gasteiger charge is -2.42. The maximum atomic E-state index is 13.4. The van der Waals surface area contributed by atoms with E-state index in [-0.39, 0.29) is 23.8 Å². The third kappa shape index (κ3) is 3.69. The smallest absolute Gasteiger partial charge is 0.256 e. The van der Waals surface area contributed by atoms with Crippen molar-refractivity contribution in [3.05, 3.63) is 53.7 Å². The lowest BCUT2D eigenvalue weighted by molar-refractivity contribution is -0.148. The van der Waals surface area contributed by atoms with E-state index in [9.17, 15) is 9.59 Å². The van der Waals surface area contributed by atoms with Crippen molar-refractivity contribution in [1.29, 1.82) is 0 Å². The monoisotopic (exact) mass is 497 g/mol. The molecule has 1 aromatic heterocycles. The molecule has 1 atom stereocenters. The summed E-state index contributed by atoms with van der Waals surface area (Å²) >= 11 is 0. The Morgan fingerprint density at radius 1 is 1.14 bits per heavy atom. The molecular formula is C29H31N5O3. The van der Waals surface area contributed by atoms with E-state index in [1.165, 1.54) is 0 Å². The fraction of sp³-hybridized carbons (Fsp3) is 0.448. The molecule has 8 heteroatoms. The summed E-state index contributed by atoms with van der Waals surface area (Å²) in [7, 11) is 1.95. The summed E-state index contributed by atoms with van der Waals surface area (Å²) in [6, 6.07) is 12.8. The number of aryl methyl sites for hydroxylation is 2. The van der Waals surface area contributed by atoms with Gasteiger partial charge in [0.15, 0.2) is 0 Å². The highest BCUT2D eigenvalue weighted by molar-refractivity contribution is 6.17. The Balaban J connectivity index is 1.11. The predicted octanol–water partition coefficient (Wildman–Crippen LogP) is 3.31. The van der Waals surface area contributed by atoms with E-state index in [0.29, 0.717) is 26.2 Å². The standard InChI is InChI=1S/C29H31N5O3/c1-18-12-20(21-6-8-24-22(13-21)14-30-32(24)2)5-7-23(18)26-31-29(9-10-29)28(36)34(26)17-19-15-33(16-19)27(35)25-4-3-11-37-25/h5-8,12-14,19,25H,3-4,9-11,15-17H2,1-2H3/t25-/m1/s1. The average molecular weight is 498 g/mol. The molecule has 3 aliphatic heterocycles. The summed E-state index contributed by atoms with van der Waals surface area (Å²) in [5.41, 5.74) is 4.93. The van der Waals surface area contributed by atoms with Crippen molar-refractivity contribution < 1.29 is 14.3 Å². The number of hydrogen-bond acceptors (Lipinski definition) is 5. The molecule has 0 unspecified atom stereocenters. The van der Waals surface area contributed by atoms with Crippen LogP contribution in [-0.2, 0) is 21.4 Å². The second-order valence-electron chi connectivity index (χ2n) is 11.1. The lowest BCUT2D eigenvalue weighted by atomic mass is 9.96. The van der Waals surface area contributed by atoms with E-state index in [1.54, 1.807) is 0 Å². The summed E-state index contributed by atoms with van der Waals surface area (Å²) in [5, 5.41) is 5.47. The van der Waals surface area contributed by atoms with Crippen LogP contribution >= 0.6 is 0 Å². The van der Waals surface area contributed by atoms with Crippen molar-refractivity contribution in [2.75, 3.05) is 26.2 Å². The molecule has 190 valence electrons. The fourth-order valence-electron chi connectivity index (χ4n) is 6.01. The number of benzene rings is 2. The van der Waals surface area contributed by atoms with Gasteiger partial charge in [-0.05, 0) is 61.4 Å². The molecule has 4 heterocycles. The third-order valence-corrected chi connectivity index (χ3v) is 8.40. The van der Waals surface area contributed by atoms with Gasteiger partial charge in [0.05, 0.1) is 11.7 Å². The van der Waals surface area contributed by atoms with Gasteiger partial charge in [-0.3, -0.25) is 24.2 Å². The maximum absolute atomic E-state index is 13.4. The molecule has 1 spiro atoms. The third-order valence-electron chi connectivity index (χ3n) is 8.40. The summed E-state index contributed by atoms with van der Waals surface area (Å²) in [6.45, 7) is 4.73. The molecule has 2 amide bonds. The Hall–Kier alpha value is -3.52. The number of hydrogen-bond donors (Lipinski definition) is 0. The van der Waals surface area contributed by atoms with Gasteiger partial charge in [0.1, 0.15) is 17.5 Å². The van der Waals surface area contributed by atoms with Gasteiger partial charge in [-0.2, -0.15) is 5.10 Å². The Labute approximate surface area is 215 Å². The second-order valence-corrected chi connectivity index (χ2v) is 11.1. The number of amidine groups is 1. The van der Waals surface area contributed by atoms with Crippen LogP contribution in [0.1, 0.15) is 36.8 Å². The van der Waals surface area contributed by atoms with Crippen molar-refractivity contribution in [1.82, 2.24) is 19.6 Å². The van der Waals surface area contributed by atoms with Gasteiger partial charge in [-0.1, -0.05) is 24.3 Å². The van der Waals surface area contributed by atoms with E-state index < -0.39 is 5.54 Å². The molecule has 0 N–H and O–H groups in total. The summed E-state index contributed by atoms with van der Waals surface area (Å²) in [5.74, 6) is 1.28. The van der Waals surface area contributed by atoms with Crippen LogP contribution in [0, 0.1) is 12.8 Å². The van der Waals surface area contributed by atoms with Gasteiger partial charge >= 0.3 is 0 Å². The average Bonchev–Trinajstić information content (AvgIpc) is 3.18. The van der Waals surface area contributed by atoms with Crippen molar-refractivity contribution >= 4 is 28.6 Å². The van der Waals surface area contributed by atoms with E-state index in [4.69, 9.17) is 9.73 Å². The van der Waals surface area contributed by atoms with Crippen LogP contribution in [0.4, 0.5) is 0 Å². The quantitative estimate of drug-likeness (QED) is 0.542. The summed E-state index contributed by atoms with van der Waals surface area (Å²) in [6.07, 6.45) is 5.02. The minimum absolute atomic E-state index is 0.102. The number of ether oxygens (including phenoxy) is 1. The minimum Gasteiger partial charge on any atom is -0.368 e. The molecule has 2 saturated heterocycles. The molecule has 3 aromatic rings. The molecule has 1 saturated carbocycles. The van der Waals surface area contributed by atoms with E-state index in [1.807, 2.05) is 27.7 Å². The zero-order valence-electron chi connectivity index (χ0n) is 21.3. The molecular weight excluding hydrogens is 466 g/mol. The number of carbonyl (C=O) groups excluding carboxylic acids is 2. The summed E-state index contributed by atoms with van der Waals surface area (Å²) < 4.78 is 7.45. The van der Waals surface area contributed by atoms with Crippen LogP contribution in [0.3, 0.4) is 0 Å². The van der Waals surface area contributed by atoms with Crippen LogP contribution in [-0.4, -0.2) is 75.1 Å². The Kier molecular flexibility index (Phi) is 5.05. The molecule has 1 aliphatic carbocycles. The first kappa shape index (κ1) is 22.7. The first-order valence-corrected chi connectivity index (χ1v) is 13.3. The highest BCUT2D eigenvalue weighted by Crippen LogP contribution is 2.46. The van der Waals surface area contributed by atoms with E-state index in [2.05, 4.69) is 48.4 Å². The van der Waals surface area contributed by atoms with Crippen molar-refractivity contribution in [2.45, 2.75) is 44.2 Å². The second kappa shape index (κ2) is 8.25. The van der Waals surface area contributed by atoms with Gasteiger partial charge in [0.25, 0.3) is 11.8 Å². The number of aromatic nitrogens is 2. The SMILES string of the molecule is Cc1cc(-c2ccc3c(cnn3C)c2)ccc1C1=NC2(CC2)C(=O)N1CC1CN(C(=O)[C@H]2CCCO2)C1. The number of fused-ring (bicyclic) bond motifs is 1. The number of aliphatic imine (C=N–C) groups is 1. The molecule has 8 nitrogen and oxygen atoms in total. The van der Waals surface area contributed by atoms with E-state index >= 15 is 0 Å². The molecule has 4 aliphatic rings. The van der Waals surface area contributed by atoms with Gasteiger partial charge < -0.3 is 9.64 Å². The number of likely N-dealkylation sites (tertiary alicyclic amines) is 1. The largest absolute Gasteiger partial charge is 0.368 e. The Morgan fingerprint density at radius 3 is 2.65 bits per heavy atom. The van der Waals surface area contributed by atoms with Crippen LogP contribution in [0.25, 0.3) is 22.0 Å². The highest BCUT2D eigenvalue weighted by atomic mass is 16.5. The van der Waals surface area contributed by atoms with Gasteiger partial charge in [0, 0.05) is 50.2 Å². The number of rotatable bonds is 5. The lowest BCUT2D eigenvalue weighted by Crippen LogP contribution is -2.57. The maximum Gasteiger partial charge on any atom is 0.256 e. The number of nitrogens with zero attached hydrogens (tertiary/aromatic N) is 5. The predicted molar refractivity (Wildman–Crippen MR) is 140 cm³/mol. The fourth-order valence-corrected chi connectivity index (χ4v) is 6.01. The first-order chi connectivity index (χ1) is 17.9. The molecule has 0 bridgehead atoms. The molecule has 37 heavy (non-hydrogen) atoms. The summed E-state index contributed by atoms with van der Waals surface area (Å²) in [4.78, 5) is 34.8. The molecule has 0 radical (unpaired) electrons. The van der Waals surface area contributed by atoms with Crippen LogP contribution < -0.4 is 0 Å². The molecule has 7 rings (SSSR count). The van der Waals surface area contributed by atoms with Crippen molar-refractivity contribution in [2.24, 2.45) is 18.0 Å². The number of amides is 2. The van der Waals surface area contributed by atoms with Crippen LogP contribution in [0.5, 0.6) is 0 Å². The van der Waals surface area contributed by atoms with Gasteiger partial charge in [-0.15, -0.1) is 0 Å². The normalized spacial score (nSPS) is 22.7. The Morgan fingerprint density at radius 2 is 1.92 bits per heavy atom. The minimum atomic E-state index is -0.553. The zero-order valence-corrected chi connectivity index (χ0v) is 21.3. The van der Waals surface area contributed by atoms with Crippen LogP contribution in [0.2, 0.25) is 0 Å².